The van der Waals surface area contributed by atoms with Crippen LogP contribution in [0.2, 0.25) is 0 Å². The van der Waals surface area contributed by atoms with Gasteiger partial charge in [0.1, 0.15) is 10.6 Å². The average molecular weight is 415 g/mol. The second-order valence-electron chi connectivity index (χ2n) is 6.24. The number of esters is 1. The summed E-state index contributed by atoms with van der Waals surface area (Å²) >= 11 is 1.33. The summed E-state index contributed by atoms with van der Waals surface area (Å²) in [6, 6.07) is 21.5. The molecule has 0 aliphatic rings. The van der Waals surface area contributed by atoms with Crippen LogP contribution in [-0.2, 0) is 0 Å². The number of hydrazone groups is 1. The van der Waals surface area contributed by atoms with Gasteiger partial charge in [-0.15, -0.1) is 11.3 Å². The SMILES string of the molecule is O=C(Oc1ccc(/C=N/NC(=O)c2ccccc2-n2cccc2)cc1)c1cccs1. The van der Waals surface area contributed by atoms with Gasteiger partial charge in [0.05, 0.1) is 17.5 Å². The van der Waals surface area contributed by atoms with Crippen molar-refractivity contribution in [2.45, 2.75) is 0 Å². The molecule has 4 rings (SSSR count). The first-order valence-corrected chi connectivity index (χ1v) is 10.0. The van der Waals surface area contributed by atoms with Crippen molar-refractivity contribution in [1.29, 1.82) is 0 Å². The highest BCUT2D eigenvalue weighted by Gasteiger charge is 2.11. The van der Waals surface area contributed by atoms with Crippen LogP contribution in [0.3, 0.4) is 0 Å². The molecule has 7 heteroatoms. The fourth-order valence-corrected chi connectivity index (χ4v) is 3.38. The van der Waals surface area contributed by atoms with E-state index in [1.165, 1.54) is 17.6 Å². The van der Waals surface area contributed by atoms with Gasteiger partial charge in [-0.2, -0.15) is 5.10 Å². The summed E-state index contributed by atoms with van der Waals surface area (Å²) < 4.78 is 7.19. The minimum atomic E-state index is -0.389. The van der Waals surface area contributed by atoms with Gasteiger partial charge >= 0.3 is 5.97 Å². The predicted molar refractivity (Wildman–Crippen MR) is 117 cm³/mol. The maximum absolute atomic E-state index is 12.5. The summed E-state index contributed by atoms with van der Waals surface area (Å²) in [4.78, 5) is 25.1. The summed E-state index contributed by atoms with van der Waals surface area (Å²) in [7, 11) is 0. The number of thiophene rings is 1. The maximum Gasteiger partial charge on any atom is 0.353 e. The summed E-state index contributed by atoms with van der Waals surface area (Å²) in [6.45, 7) is 0. The van der Waals surface area contributed by atoms with E-state index in [0.29, 0.717) is 16.2 Å². The summed E-state index contributed by atoms with van der Waals surface area (Å²) in [6.07, 6.45) is 5.28. The highest BCUT2D eigenvalue weighted by atomic mass is 32.1. The third-order valence-corrected chi connectivity index (χ3v) is 5.07. The molecule has 0 fully saturated rings. The average Bonchev–Trinajstić information content (AvgIpc) is 3.49. The Morgan fingerprint density at radius 2 is 1.70 bits per heavy atom. The van der Waals surface area contributed by atoms with E-state index in [2.05, 4.69) is 10.5 Å². The molecule has 4 aromatic rings. The van der Waals surface area contributed by atoms with E-state index < -0.39 is 0 Å². The van der Waals surface area contributed by atoms with E-state index in [1.54, 1.807) is 42.5 Å². The van der Waals surface area contributed by atoms with Crippen LogP contribution >= 0.6 is 11.3 Å². The van der Waals surface area contributed by atoms with Crippen LogP contribution in [0.25, 0.3) is 5.69 Å². The molecule has 0 atom stereocenters. The van der Waals surface area contributed by atoms with Gasteiger partial charge in [-0.05, 0) is 65.5 Å². The molecule has 2 heterocycles. The maximum atomic E-state index is 12.5. The molecule has 0 spiro atoms. The van der Waals surface area contributed by atoms with Gasteiger partial charge in [-0.25, -0.2) is 10.2 Å². The van der Waals surface area contributed by atoms with Crippen molar-refractivity contribution in [3.63, 3.8) is 0 Å². The third kappa shape index (κ3) is 4.53. The van der Waals surface area contributed by atoms with Gasteiger partial charge in [0, 0.05) is 12.4 Å². The quantitative estimate of drug-likeness (QED) is 0.218. The number of nitrogens with zero attached hydrogens (tertiary/aromatic N) is 2. The molecule has 0 aliphatic heterocycles. The zero-order valence-corrected chi connectivity index (χ0v) is 16.6. The molecule has 0 bridgehead atoms. The van der Waals surface area contributed by atoms with E-state index in [-0.39, 0.29) is 11.9 Å². The van der Waals surface area contributed by atoms with Gasteiger partial charge in [0.2, 0.25) is 0 Å². The number of benzene rings is 2. The van der Waals surface area contributed by atoms with E-state index in [9.17, 15) is 9.59 Å². The van der Waals surface area contributed by atoms with Crippen molar-refractivity contribution in [1.82, 2.24) is 9.99 Å². The predicted octanol–water partition coefficient (Wildman–Crippen LogP) is 4.52. The molecular formula is C23H17N3O3S. The molecule has 0 radical (unpaired) electrons. The van der Waals surface area contributed by atoms with Gasteiger partial charge in [0.15, 0.2) is 0 Å². The lowest BCUT2D eigenvalue weighted by Gasteiger charge is -2.09. The number of para-hydroxylation sites is 1. The first-order chi connectivity index (χ1) is 14.7. The first-order valence-electron chi connectivity index (χ1n) is 9.12. The van der Waals surface area contributed by atoms with Crippen LogP contribution in [0, 0.1) is 0 Å². The Bertz CT molecular complexity index is 1160. The number of ether oxygens (including phenoxy) is 1. The number of carbonyl (C=O) groups is 2. The van der Waals surface area contributed by atoms with E-state index in [4.69, 9.17) is 4.74 Å². The van der Waals surface area contributed by atoms with Gasteiger partial charge in [0.25, 0.3) is 5.91 Å². The van der Waals surface area contributed by atoms with Gasteiger partial charge in [-0.1, -0.05) is 18.2 Å². The number of amides is 1. The zero-order chi connectivity index (χ0) is 20.8. The highest BCUT2D eigenvalue weighted by Crippen LogP contribution is 2.17. The number of rotatable bonds is 6. The standard InChI is InChI=1S/C23H17N3O3S/c27-22(19-6-1-2-7-20(19)26-13-3-4-14-26)25-24-16-17-9-11-18(12-10-17)29-23(28)21-8-5-15-30-21/h1-16H,(H,25,27)/b24-16+. The lowest BCUT2D eigenvalue weighted by molar-refractivity contribution is 0.0739. The largest absolute Gasteiger partial charge is 0.422 e. The van der Waals surface area contributed by atoms with Crippen LogP contribution in [0.5, 0.6) is 5.75 Å². The molecule has 148 valence electrons. The molecular weight excluding hydrogens is 398 g/mol. The van der Waals surface area contributed by atoms with Gasteiger partial charge in [-0.3, -0.25) is 4.79 Å². The molecule has 30 heavy (non-hydrogen) atoms. The van der Waals surface area contributed by atoms with Crippen LogP contribution in [0.1, 0.15) is 25.6 Å². The summed E-state index contributed by atoms with van der Waals surface area (Å²) in [5, 5.41) is 5.85. The highest BCUT2D eigenvalue weighted by molar-refractivity contribution is 7.12. The van der Waals surface area contributed by atoms with Crippen molar-refractivity contribution >= 4 is 29.4 Å². The summed E-state index contributed by atoms with van der Waals surface area (Å²) in [5.74, 6) is -0.257. The second-order valence-corrected chi connectivity index (χ2v) is 7.19. The van der Waals surface area contributed by atoms with Crippen LogP contribution in [-0.4, -0.2) is 22.7 Å². The Balaban J connectivity index is 1.38. The number of aromatic nitrogens is 1. The van der Waals surface area contributed by atoms with Crippen molar-refractivity contribution in [3.05, 3.63) is 107 Å². The van der Waals surface area contributed by atoms with E-state index in [1.807, 2.05) is 52.7 Å². The fraction of sp³-hybridized carbons (Fsp3) is 0. The molecule has 1 amide bonds. The van der Waals surface area contributed by atoms with E-state index >= 15 is 0 Å². The Labute approximate surface area is 177 Å². The van der Waals surface area contributed by atoms with Crippen LogP contribution in [0.4, 0.5) is 0 Å². The van der Waals surface area contributed by atoms with Crippen LogP contribution < -0.4 is 10.2 Å². The molecule has 1 N–H and O–H groups in total. The molecule has 2 aromatic carbocycles. The van der Waals surface area contributed by atoms with Crippen molar-refractivity contribution < 1.29 is 14.3 Å². The minimum Gasteiger partial charge on any atom is -0.422 e. The monoisotopic (exact) mass is 415 g/mol. The Kier molecular flexibility index (Phi) is 5.82. The molecule has 0 saturated carbocycles. The Morgan fingerprint density at radius 1 is 0.933 bits per heavy atom. The fourth-order valence-electron chi connectivity index (χ4n) is 2.79. The number of hydrogen-bond donors (Lipinski definition) is 1. The lowest BCUT2D eigenvalue weighted by Crippen LogP contribution is -2.19. The number of nitrogens with one attached hydrogen (secondary N) is 1. The Morgan fingerprint density at radius 3 is 2.43 bits per heavy atom. The number of hydrogen-bond acceptors (Lipinski definition) is 5. The summed E-state index contributed by atoms with van der Waals surface area (Å²) in [5.41, 5.74) is 4.59. The lowest BCUT2D eigenvalue weighted by atomic mass is 10.1. The molecule has 0 aliphatic carbocycles. The Hall–Kier alpha value is -3.97. The number of carbonyl (C=O) groups excluding carboxylic acids is 2. The second kappa shape index (κ2) is 9.02. The van der Waals surface area contributed by atoms with Crippen LogP contribution in [0.15, 0.2) is 95.7 Å². The minimum absolute atomic E-state index is 0.308. The van der Waals surface area contributed by atoms with Crippen molar-refractivity contribution in [3.8, 4) is 11.4 Å². The van der Waals surface area contributed by atoms with Crippen molar-refractivity contribution in [2.24, 2.45) is 5.10 Å². The van der Waals surface area contributed by atoms with Crippen molar-refractivity contribution in [2.75, 3.05) is 0 Å². The normalized spacial score (nSPS) is 10.8. The first kappa shape index (κ1) is 19.4. The topological polar surface area (TPSA) is 72.7 Å². The van der Waals surface area contributed by atoms with Gasteiger partial charge < -0.3 is 9.30 Å². The smallest absolute Gasteiger partial charge is 0.353 e. The zero-order valence-electron chi connectivity index (χ0n) is 15.8. The molecule has 6 nitrogen and oxygen atoms in total. The third-order valence-electron chi connectivity index (χ3n) is 4.22. The molecule has 0 saturated heterocycles. The molecule has 2 aromatic heterocycles. The van der Waals surface area contributed by atoms with E-state index in [0.717, 1.165) is 11.3 Å². The molecule has 0 unspecified atom stereocenters.